The van der Waals surface area contributed by atoms with Gasteiger partial charge in [0.25, 0.3) is 0 Å². The maximum absolute atomic E-state index is 13.4. The van der Waals surface area contributed by atoms with Crippen LogP contribution in [0, 0.1) is 0 Å². The first kappa shape index (κ1) is 23.5. The van der Waals surface area contributed by atoms with Crippen LogP contribution in [0.1, 0.15) is 64.7 Å². The van der Waals surface area contributed by atoms with E-state index in [1.165, 1.54) is 6.07 Å². The molecular weight excluding hydrogens is 432 g/mol. The number of ether oxygens (including phenoxy) is 1. The maximum Gasteiger partial charge on any atom is 0.310 e. The Morgan fingerprint density at radius 3 is 2.29 bits per heavy atom. The highest BCUT2D eigenvalue weighted by molar-refractivity contribution is 6.10. The van der Waals surface area contributed by atoms with Crippen molar-refractivity contribution < 1.29 is 23.8 Å². The fraction of sp³-hybridized carbons (Fsp3) is 0.321. The summed E-state index contributed by atoms with van der Waals surface area (Å²) in [6.45, 7) is 7.32. The molecular formula is C28H28O6. The van der Waals surface area contributed by atoms with Crippen LogP contribution in [0.4, 0.5) is 0 Å². The Morgan fingerprint density at radius 1 is 0.971 bits per heavy atom. The Morgan fingerprint density at radius 2 is 1.65 bits per heavy atom. The van der Waals surface area contributed by atoms with Crippen LogP contribution in [0.15, 0.2) is 57.2 Å². The summed E-state index contributed by atoms with van der Waals surface area (Å²) in [6, 6.07) is 12.3. The van der Waals surface area contributed by atoms with Gasteiger partial charge in [-0.25, -0.2) is 0 Å². The molecule has 4 rings (SSSR count). The van der Waals surface area contributed by atoms with Crippen molar-refractivity contribution in [1.82, 2.24) is 0 Å². The van der Waals surface area contributed by atoms with Crippen molar-refractivity contribution in [3.8, 4) is 17.1 Å². The molecule has 6 nitrogen and oxygen atoms in total. The van der Waals surface area contributed by atoms with Crippen LogP contribution >= 0.6 is 0 Å². The molecule has 0 bridgehead atoms. The molecule has 1 aromatic heterocycles. The third-order valence-electron chi connectivity index (χ3n) is 6.79. The average molecular weight is 461 g/mol. The lowest BCUT2D eigenvalue weighted by molar-refractivity contribution is -0.134. The third-order valence-corrected chi connectivity index (χ3v) is 6.79. The molecule has 1 heterocycles. The van der Waals surface area contributed by atoms with E-state index in [2.05, 4.69) is 0 Å². The van der Waals surface area contributed by atoms with E-state index in [4.69, 9.17) is 9.15 Å². The van der Waals surface area contributed by atoms with Crippen molar-refractivity contribution in [2.75, 3.05) is 0 Å². The van der Waals surface area contributed by atoms with E-state index < -0.39 is 5.41 Å². The van der Waals surface area contributed by atoms with Gasteiger partial charge in [0.05, 0.1) is 5.41 Å². The van der Waals surface area contributed by atoms with E-state index in [0.717, 1.165) is 10.8 Å². The van der Waals surface area contributed by atoms with Crippen LogP contribution < -0.4 is 10.2 Å². The zero-order chi connectivity index (χ0) is 24.6. The molecule has 176 valence electrons. The van der Waals surface area contributed by atoms with E-state index in [1.807, 2.05) is 38.1 Å². The number of aliphatic hydroxyl groups excluding tert-OH is 1. The molecule has 0 fully saturated rings. The lowest BCUT2D eigenvalue weighted by Crippen LogP contribution is -2.41. The second-order valence-electron chi connectivity index (χ2n) is 8.53. The monoisotopic (exact) mass is 460 g/mol. The summed E-state index contributed by atoms with van der Waals surface area (Å²) >= 11 is 0. The van der Waals surface area contributed by atoms with Crippen molar-refractivity contribution in [2.45, 2.75) is 58.8 Å². The summed E-state index contributed by atoms with van der Waals surface area (Å²) in [5, 5.41) is 12.5. The van der Waals surface area contributed by atoms with E-state index in [-0.39, 0.29) is 39.8 Å². The summed E-state index contributed by atoms with van der Waals surface area (Å²) in [6.07, 6.45) is 1.54. The number of carbonyl (C=O) groups is 2. The predicted octanol–water partition coefficient (Wildman–Crippen LogP) is 6.10. The van der Waals surface area contributed by atoms with Gasteiger partial charge >= 0.3 is 5.97 Å². The number of Topliss-reactive ketones (excluding diaryl/α,β-unsaturated/α-hetero) is 1. The van der Waals surface area contributed by atoms with Gasteiger partial charge in [-0.3, -0.25) is 14.4 Å². The molecule has 2 aromatic carbocycles. The number of hydrogen-bond donors (Lipinski definition) is 1. The van der Waals surface area contributed by atoms with Crippen LogP contribution in [0.5, 0.6) is 5.75 Å². The molecule has 0 amide bonds. The van der Waals surface area contributed by atoms with Gasteiger partial charge in [-0.1, -0.05) is 45.9 Å². The lowest BCUT2D eigenvalue weighted by atomic mass is 9.68. The number of rotatable bonds is 6. The molecule has 0 aliphatic heterocycles. The Bertz CT molecular complexity index is 1390. The quantitative estimate of drug-likeness (QED) is 0.353. The number of esters is 1. The van der Waals surface area contributed by atoms with Crippen molar-refractivity contribution >= 4 is 28.3 Å². The second kappa shape index (κ2) is 8.93. The van der Waals surface area contributed by atoms with Crippen LogP contribution in [0.3, 0.4) is 0 Å². The number of ketones is 1. The molecule has 6 heteroatoms. The van der Waals surface area contributed by atoms with Gasteiger partial charge in [-0.15, -0.1) is 0 Å². The fourth-order valence-electron chi connectivity index (χ4n) is 4.71. The van der Waals surface area contributed by atoms with Crippen LogP contribution in [0.25, 0.3) is 27.9 Å². The molecule has 0 saturated heterocycles. The van der Waals surface area contributed by atoms with Crippen molar-refractivity contribution in [1.29, 1.82) is 0 Å². The molecule has 0 unspecified atom stereocenters. The number of benzene rings is 2. The number of fused-ring (bicyclic) bond motifs is 2. The molecule has 3 aromatic rings. The SMILES string of the molecule is CCC(=O)Oc1ccc2cc(-c3cc(=O)c4c(o3)C(CC)(CC)C(=O)C(CC)=C4O)ccc2c1. The smallest absolute Gasteiger partial charge is 0.310 e. The van der Waals surface area contributed by atoms with E-state index in [9.17, 15) is 19.5 Å². The van der Waals surface area contributed by atoms with Gasteiger partial charge in [-0.2, -0.15) is 0 Å². The van der Waals surface area contributed by atoms with Crippen molar-refractivity contribution in [2.24, 2.45) is 0 Å². The Kier molecular flexibility index (Phi) is 6.17. The largest absolute Gasteiger partial charge is 0.507 e. The molecule has 1 aliphatic rings. The highest BCUT2D eigenvalue weighted by Gasteiger charge is 2.48. The minimum Gasteiger partial charge on any atom is -0.507 e. The van der Waals surface area contributed by atoms with E-state index in [1.54, 1.807) is 26.0 Å². The van der Waals surface area contributed by atoms with Crippen molar-refractivity contribution in [3.05, 3.63) is 69.6 Å². The highest BCUT2D eigenvalue weighted by Crippen LogP contribution is 2.44. The van der Waals surface area contributed by atoms with Gasteiger partial charge in [0.2, 0.25) is 0 Å². The topological polar surface area (TPSA) is 93.8 Å². The van der Waals surface area contributed by atoms with Gasteiger partial charge in [0, 0.05) is 23.6 Å². The molecule has 1 N–H and O–H groups in total. The molecule has 0 saturated carbocycles. The van der Waals surface area contributed by atoms with E-state index in [0.29, 0.717) is 42.8 Å². The van der Waals surface area contributed by atoms with Crippen LogP contribution in [-0.4, -0.2) is 16.9 Å². The van der Waals surface area contributed by atoms with Gasteiger partial charge in [0.1, 0.15) is 28.6 Å². The highest BCUT2D eigenvalue weighted by atomic mass is 16.5. The van der Waals surface area contributed by atoms with E-state index >= 15 is 0 Å². The summed E-state index contributed by atoms with van der Waals surface area (Å²) in [7, 11) is 0. The zero-order valence-corrected chi connectivity index (χ0v) is 19.9. The summed E-state index contributed by atoms with van der Waals surface area (Å²) < 4.78 is 11.5. The molecule has 0 spiro atoms. The van der Waals surface area contributed by atoms with Gasteiger partial charge in [0.15, 0.2) is 11.2 Å². The number of aliphatic hydroxyl groups is 1. The maximum atomic E-state index is 13.4. The molecule has 1 aliphatic carbocycles. The average Bonchev–Trinajstić information content (AvgIpc) is 2.84. The van der Waals surface area contributed by atoms with Crippen molar-refractivity contribution in [3.63, 3.8) is 0 Å². The van der Waals surface area contributed by atoms with Gasteiger partial charge in [-0.05, 0) is 48.2 Å². The fourth-order valence-corrected chi connectivity index (χ4v) is 4.71. The minimum atomic E-state index is -0.989. The predicted molar refractivity (Wildman–Crippen MR) is 131 cm³/mol. The minimum absolute atomic E-state index is 0.0899. The number of carbonyl (C=O) groups excluding carboxylic acids is 2. The Hall–Kier alpha value is -3.67. The summed E-state index contributed by atoms with van der Waals surface area (Å²) in [4.78, 5) is 38.1. The first-order valence-corrected chi connectivity index (χ1v) is 11.7. The lowest BCUT2D eigenvalue weighted by Gasteiger charge is -2.35. The van der Waals surface area contributed by atoms with Crippen LogP contribution in [0.2, 0.25) is 0 Å². The standard InChI is InChI=1S/C28H28O6/c1-5-20-25(31)24-21(29)15-22(34-27(24)28(7-3,8-4)26(20)32)18-10-9-17-14-19(33-23(30)6-2)12-11-16(17)13-18/h9-15,31H,5-8H2,1-4H3. The number of allylic oxidation sites excluding steroid dienone is 1. The van der Waals surface area contributed by atoms with Crippen LogP contribution in [-0.2, 0) is 15.0 Å². The summed E-state index contributed by atoms with van der Waals surface area (Å²) in [5.41, 5.74) is -0.324. The first-order chi connectivity index (χ1) is 16.3. The molecule has 34 heavy (non-hydrogen) atoms. The Labute approximate surface area is 197 Å². The third kappa shape index (κ3) is 3.63. The second-order valence-corrected chi connectivity index (χ2v) is 8.53. The zero-order valence-electron chi connectivity index (χ0n) is 19.9. The first-order valence-electron chi connectivity index (χ1n) is 11.7. The number of hydrogen-bond acceptors (Lipinski definition) is 6. The van der Waals surface area contributed by atoms with Gasteiger partial charge < -0.3 is 14.3 Å². The Balaban J connectivity index is 1.87. The normalized spacial score (nSPS) is 14.9. The molecule has 0 radical (unpaired) electrons. The summed E-state index contributed by atoms with van der Waals surface area (Å²) in [5.74, 6) is 0.280. The molecule has 0 atom stereocenters.